The van der Waals surface area contributed by atoms with Crippen molar-refractivity contribution in [3.8, 4) is 11.5 Å². The van der Waals surface area contributed by atoms with Crippen LogP contribution in [0.3, 0.4) is 0 Å². The minimum atomic E-state index is -4.63. The summed E-state index contributed by atoms with van der Waals surface area (Å²) in [6, 6.07) is 9.16. The monoisotopic (exact) mass is 442 g/mol. The molecule has 13 heteroatoms. The lowest BCUT2D eigenvalue weighted by Gasteiger charge is -2.12. The molecule has 2 aromatic rings. The third-order valence-electron chi connectivity index (χ3n) is 3.67. The van der Waals surface area contributed by atoms with E-state index >= 15 is 0 Å². The molecular formula is C18H17F3N4O6. The highest BCUT2D eigenvalue weighted by molar-refractivity contribution is 5.99. The zero-order chi connectivity index (χ0) is 23.0. The summed E-state index contributed by atoms with van der Waals surface area (Å²) in [6.45, 7) is -1.89. The van der Waals surface area contributed by atoms with Crippen molar-refractivity contribution in [1.82, 2.24) is 10.9 Å². The van der Waals surface area contributed by atoms with Gasteiger partial charge in [0.05, 0.1) is 18.6 Å². The Balaban J connectivity index is 1.97. The van der Waals surface area contributed by atoms with Crippen LogP contribution in [0.5, 0.6) is 11.5 Å². The van der Waals surface area contributed by atoms with Crippen LogP contribution in [-0.4, -0.2) is 43.2 Å². The van der Waals surface area contributed by atoms with Crippen molar-refractivity contribution in [1.29, 1.82) is 0 Å². The molecule has 2 amide bonds. The van der Waals surface area contributed by atoms with Gasteiger partial charge < -0.3 is 14.8 Å². The second-order valence-electron chi connectivity index (χ2n) is 5.92. The van der Waals surface area contributed by atoms with Crippen molar-refractivity contribution in [2.24, 2.45) is 0 Å². The molecule has 166 valence electrons. The maximum absolute atomic E-state index is 12.3. The quantitative estimate of drug-likeness (QED) is 0.423. The van der Waals surface area contributed by atoms with Crippen molar-refractivity contribution < 1.29 is 37.2 Å². The Morgan fingerprint density at radius 1 is 1.06 bits per heavy atom. The van der Waals surface area contributed by atoms with Gasteiger partial charge in [-0.25, -0.2) is 0 Å². The molecule has 0 heterocycles. The first-order valence-corrected chi connectivity index (χ1v) is 8.54. The average molecular weight is 442 g/mol. The highest BCUT2D eigenvalue weighted by atomic mass is 19.4. The van der Waals surface area contributed by atoms with E-state index in [1.807, 2.05) is 10.9 Å². The van der Waals surface area contributed by atoms with Gasteiger partial charge >= 0.3 is 6.18 Å². The second kappa shape index (κ2) is 10.1. The van der Waals surface area contributed by atoms with E-state index in [-0.39, 0.29) is 6.54 Å². The van der Waals surface area contributed by atoms with Crippen LogP contribution in [0, 0.1) is 10.1 Å². The number of hydrogen-bond acceptors (Lipinski definition) is 7. The molecule has 2 aromatic carbocycles. The number of ether oxygens (including phenoxy) is 2. The first-order valence-electron chi connectivity index (χ1n) is 8.54. The van der Waals surface area contributed by atoms with Crippen molar-refractivity contribution in [2.75, 3.05) is 25.6 Å². The average Bonchev–Trinajstić information content (AvgIpc) is 2.74. The van der Waals surface area contributed by atoms with Crippen LogP contribution in [0.15, 0.2) is 42.5 Å². The summed E-state index contributed by atoms with van der Waals surface area (Å²) in [5, 5.41) is 13.9. The van der Waals surface area contributed by atoms with Crippen LogP contribution in [0.25, 0.3) is 0 Å². The number of carbonyl (C=O) groups excluding carboxylic acids is 2. The maximum Gasteiger partial charge on any atom is 0.422 e. The number of benzene rings is 2. The first-order chi connectivity index (χ1) is 14.6. The van der Waals surface area contributed by atoms with Crippen LogP contribution in [0.1, 0.15) is 10.4 Å². The van der Waals surface area contributed by atoms with Crippen LogP contribution < -0.4 is 25.6 Å². The SMILES string of the molecule is COc1ccc(NCC(=O)NNC(=O)c2cc(OCC(F)(F)F)ccc2[N+](=O)[O-])cc1. The number of nitrogens with one attached hydrogen (secondary N) is 3. The molecule has 0 saturated heterocycles. The van der Waals surface area contributed by atoms with E-state index in [0.717, 1.165) is 18.2 Å². The fourth-order valence-corrected chi connectivity index (χ4v) is 2.24. The number of hydrogen-bond donors (Lipinski definition) is 3. The summed E-state index contributed by atoms with van der Waals surface area (Å²) in [5.41, 5.74) is 3.34. The van der Waals surface area contributed by atoms with E-state index in [1.165, 1.54) is 7.11 Å². The van der Waals surface area contributed by atoms with Gasteiger partial charge in [-0.3, -0.25) is 30.6 Å². The molecule has 0 bridgehead atoms. The van der Waals surface area contributed by atoms with Crippen LogP contribution in [0.2, 0.25) is 0 Å². The number of anilines is 1. The first kappa shape index (κ1) is 23.3. The van der Waals surface area contributed by atoms with Crippen LogP contribution in [0.4, 0.5) is 24.5 Å². The Bertz CT molecular complexity index is 950. The van der Waals surface area contributed by atoms with Gasteiger partial charge in [0.25, 0.3) is 17.5 Å². The van der Waals surface area contributed by atoms with Gasteiger partial charge in [-0.15, -0.1) is 0 Å². The Labute approximate surface area is 173 Å². The molecule has 0 unspecified atom stereocenters. The Morgan fingerprint density at radius 2 is 1.71 bits per heavy atom. The lowest BCUT2D eigenvalue weighted by Crippen LogP contribution is -2.44. The zero-order valence-corrected chi connectivity index (χ0v) is 16.0. The zero-order valence-electron chi connectivity index (χ0n) is 16.0. The van der Waals surface area contributed by atoms with Gasteiger partial charge in [0.1, 0.15) is 17.1 Å². The molecular weight excluding hydrogens is 425 g/mol. The van der Waals surface area contributed by atoms with Crippen molar-refractivity contribution >= 4 is 23.2 Å². The number of amides is 2. The molecule has 0 saturated carbocycles. The van der Waals surface area contributed by atoms with Gasteiger partial charge in [0.15, 0.2) is 6.61 Å². The standard InChI is InChI=1S/C18H17F3N4O6/c1-30-12-4-2-11(3-5-12)22-9-16(26)23-24-17(27)14-8-13(31-10-18(19,20)21)6-7-15(14)25(28)29/h2-8,22H,9-10H2,1H3,(H,23,26)(H,24,27). The highest BCUT2D eigenvalue weighted by Crippen LogP contribution is 2.25. The number of nitrogens with zero attached hydrogens (tertiary/aromatic N) is 1. The molecule has 0 radical (unpaired) electrons. The Kier molecular flexibility index (Phi) is 7.60. The summed E-state index contributed by atoms with van der Waals surface area (Å²) in [6.07, 6.45) is -4.63. The predicted octanol–water partition coefficient (Wildman–Crippen LogP) is 2.42. The molecule has 31 heavy (non-hydrogen) atoms. The molecule has 0 aliphatic heterocycles. The van der Waals surface area contributed by atoms with E-state index in [1.54, 1.807) is 24.3 Å². The highest BCUT2D eigenvalue weighted by Gasteiger charge is 2.29. The fraction of sp³-hybridized carbons (Fsp3) is 0.222. The molecule has 0 atom stereocenters. The van der Waals surface area contributed by atoms with Crippen LogP contribution in [-0.2, 0) is 4.79 Å². The minimum Gasteiger partial charge on any atom is -0.497 e. The third-order valence-corrected chi connectivity index (χ3v) is 3.67. The molecule has 0 fully saturated rings. The van der Waals surface area contributed by atoms with E-state index < -0.39 is 46.5 Å². The smallest absolute Gasteiger partial charge is 0.422 e. The molecule has 10 nitrogen and oxygen atoms in total. The molecule has 0 aliphatic rings. The largest absolute Gasteiger partial charge is 0.497 e. The summed E-state index contributed by atoms with van der Waals surface area (Å²) in [4.78, 5) is 34.3. The van der Waals surface area contributed by atoms with Gasteiger partial charge in [0.2, 0.25) is 0 Å². The normalized spacial score (nSPS) is 10.7. The van der Waals surface area contributed by atoms with Gasteiger partial charge in [-0.2, -0.15) is 13.2 Å². The summed E-state index contributed by atoms with van der Waals surface area (Å²) in [7, 11) is 1.50. The lowest BCUT2D eigenvalue weighted by atomic mass is 10.1. The van der Waals surface area contributed by atoms with Gasteiger partial charge in [0, 0.05) is 11.8 Å². The van der Waals surface area contributed by atoms with Crippen LogP contribution >= 0.6 is 0 Å². The molecule has 2 rings (SSSR count). The fourth-order valence-electron chi connectivity index (χ4n) is 2.24. The Hall–Kier alpha value is -4.03. The molecule has 0 aromatic heterocycles. The summed E-state index contributed by atoms with van der Waals surface area (Å²) >= 11 is 0. The van der Waals surface area contributed by atoms with Gasteiger partial charge in [-0.1, -0.05) is 0 Å². The van der Waals surface area contributed by atoms with Gasteiger partial charge in [-0.05, 0) is 36.4 Å². The topological polar surface area (TPSA) is 132 Å². The number of nitro benzene ring substituents is 1. The number of hydrazine groups is 1. The maximum atomic E-state index is 12.3. The van der Waals surface area contributed by atoms with Crippen molar-refractivity contribution in [2.45, 2.75) is 6.18 Å². The summed E-state index contributed by atoms with van der Waals surface area (Å²) < 4.78 is 46.3. The number of methoxy groups -OCH3 is 1. The number of rotatable bonds is 8. The number of nitro groups is 1. The lowest BCUT2D eigenvalue weighted by molar-refractivity contribution is -0.385. The molecule has 0 aliphatic carbocycles. The second-order valence-corrected chi connectivity index (χ2v) is 5.92. The Morgan fingerprint density at radius 3 is 2.29 bits per heavy atom. The summed E-state index contributed by atoms with van der Waals surface area (Å²) in [5.74, 6) is -1.58. The van der Waals surface area contributed by atoms with E-state index in [4.69, 9.17) is 4.74 Å². The number of carbonyl (C=O) groups is 2. The number of halogens is 3. The van der Waals surface area contributed by atoms with E-state index in [2.05, 4.69) is 10.1 Å². The van der Waals surface area contributed by atoms with E-state index in [9.17, 15) is 32.9 Å². The molecule has 3 N–H and O–H groups in total. The minimum absolute atomic E-state index is 0.247. The van der Waals surface area contributed by atoms with Crippen molar-refractivity contribution in [3.05, 3.63) is 58.1 Å². The predicted molar refractivity (Wildman–Crippen MR) is 102 cm³/mol. The van der Waals surface area contributed by atoms with E-state index in [0.29, 0.717) is 11.4 Å². The number of alkyl halides is 3. The third kappa shape index (κ3) is 7.38. The molecule has 0 spiro atoms. The van der Waals surface area contributed by atoms with Crippen molar-refractivity contribution in [3.63, 3.8) is 0 Å².